The standard InChI is InChI=1S/C19H17N3O5S2/c1-27-19(24)22-18-20-15(12-8-4-3-5-9-12)17(28-18)21-16(23)13-10-6-7-11-14(13)29(2,25)26/h3-11H,1-2H3,(H,21,23)(H,20,22,24). The quantitative estimate of drug-likeness (QED) is 0.637. The molecule has 2 N–H and O–H groups in total. The zero-order chi connectivity index (χ0) is 21.0. The number of thiazole rings is 1. The number of ether oxygens (including phenoxy) is 1. The Labute approximate surface area is 171 Å². The number of aromatic nitrogens is 1. The maximum absolute atomic E-state index is 12.8. The highest BCUT2D eigenvalue weighted by Crippen LogP contribution is 2.36. The second kappa shape index (κ2) is 8.41. The predicted molar refractivity (Wildman–Crippen MR) is 111 cm³/mol. The summed E-state index contributed by atoms with van der Waals surface area (Å²) in [5, 5.41) is 5.76. The van der Waals surface area contributed by atoms with Crippen LogP contribution in [0.4, 0.5) is 14.9 Å². The number of carbonyl (C=O) groups excluding carboxylic acids is 2. The molecule has 0 unspecified atom stereocenters. The molecule has 10 heteroatoms. The first kappa shape index (κ1) is 20.5. The molecule has 0 saturated carbocycles. The lowest BCUT2D eigenvalue weighted by molar-refractivity contribution is 0.102. The fourth-order valence-electron chi connectivity index (χ4n) is 2.54. The number of rotatable bonds is 5. The Bertz CT molecular complexity index is 1160. The summed E-state index contributed by atoms with van der Waals surface area (Å²) in [6.07, 6.45) is 0.346. The number of hydrogen-bond donors (Lipinski definition) is 2. The Morgan fingerprint density at radius 1 is 1.00 bits per heavy atom. The van der Waals surface area contributed by atoms with Crippen molar-refractivity contribution >= 4 is 43.3 Å². The third kappa shape index (κ3) is 4.79. The molecule has 0 fully saturated rings. The van der Waals surface area contributed by atoms with Crippen LogP contribution in [0.25, 0.3) is 11.3 Å². The number of amides is 2. The molecule has 0 saturated heterocycles. The lowest BCUT2D eigenvalue weighted by Gasteiger charge is -2.09. The largest absolute Gasteiger partial charge is 0.453 e. The molecule has 1 heterocycles. The van der Waals surface area contributed by atoms with Gasteiger partial charge >= 0.3 is 6.09 Å². The monoisotopic (exact) mass is 431 g/mol. The van der Waals surface area contributed by atoms with Gasteiger partial charge in [0.15, 0.2) is 15.0 Å². The van der Waals surface area contributed by atoms with Crippen molar-refractivity contribution in [2.45, 2.75) is 4.90 Å². The number of nitrogens with zero attached hydrogens (tertiary/aromatic N) is 1. The highest BCUT2D eigenvalue weighted by molar-refractivity contribution is 7.90. The minimum atomic E-state index is -3.59. The number of methoxy groups -OCH3 is 1. The van der Waals surface area contributed by atoms with E-state index < -0.39 is 21.8 Å². The Morgan fingerprint density at radius 2 is 1.66 bits per heavy atom. The average Bonchev–Trinajstić information content (AvgIpc) is 3.09. The lowest BCUT2D eigenvalue weighted by atomic mass is 10.1. The maximum atomic E-state index is 12.8. The van der Waals surface area contributed by atoms with Crippen LogP contribution < -0.4 is 10.6 Å². The lowest BCUT2D eigenvalue weighted by Crippen LogP contribution is -2.15. The number of hydrogen-bond acceptors (Lipinski definition) is 7. The van der Waals surface area contributed by atoms with Gasteiger partial charge in [0.2, 0.25) is 0 Å². The zero-order valence-electron chi connectivity index (χ0n) is 15.5. The Hall–Kier alpha value is -3.24. The maximum Gasteiger partial charge on any atom is 0.413 e. The Morgan fingerprint density at radius 3 is 2.31 bits per heavy atom. The molecule has 0 bridgehead atoms. The molecule has 150 valence electrons. The Kier molecular flexibility index (Phi) is 5.95. The topological polar surface area (TPSA) is 114 Å². The molecule has 29 heavy (non-hydrogen) atoms. The van der Waals surface area contributed by atoms with Gasteiger partial charge in [-0.1, -0.05) is 53.8 Å². The van der Waals surface area contributed by atoms with Crippen LogP contribution in [0.15, 0.2) is 59.5 Å². The van der Waals surface area contributed by atoms with E-state index >= 15 is 0 Å². The van der Waals surface area contributed by atoms with Crippen molar-refractivity contribution in [3.8, 4) is 11.3 Å². The highest BCUT2D eigenvalue weighted by atomic mass is 32.2. The summed E-state index contributed by atoms with van der Waals surface area (Å²) in [5.41, 5.74) is 1.17. The van der Waals surface area contributed by atoms with Crippen LogP contribution in [-0.4, -0.2) is 38.8 Å². The molecular formula is C19H17N3O5S2. The van der Waals surface area contributed by atoms with Gasteiger partial charge in [-0.15, -0.1) is 0 Å². The number of carbonyl (C=O) groups is 2. The molecule has 0 aliphatic carbocycles. The van der Waals surface area contributed by atoms with Gasteiger partial charge in [-0.05, 0) is 12.1 Å². The van der Waals surface area contributed by atoms with E-state index in [0.29, 0.717) is 16.3 Å². The fourth-order valence-corrected chi connectivity index (χ4v) is 4.29. The minimum absolute atomic E-state index is 0.0184. The second-order valence-corrected chi connectivity index (χ2v) is 8.89. The molecule has 3 rings (SSSR count). The van der Waals surface area contributed by atoms with E-state index in [1.54, 1.807) is 24.3 Å². The number of sulfone groups is 1. The van der Waals surface area contributed by atoms with E-state index in [1.165, 1.54) is 19.2 Å². The molecule has 3 aromatic rings. The summed E-state index contributed by atoms with van der Waals surface area (Å²) in [5.74, 6) is -0.600. The molecule has 1 aromatic heterocycles. The molecule has 0 aliphatic rings. The number of benzene rings is 2. The van der Waals surface area contributed by atoms with Crippen LogP contribution in [-0.2, 0) is 14.6 Å². The molecule has 8 nitrogen and oxygen atoms in total. The molecule has 0 spiro atoms. The normalized spacial score (nSPS) is 11.0. The van der Waals surface area contributed by atoms with Crippen molar-refractivity contribution in [1.29, 1.82) is 0 Å². The molecule has 2 aromatic carbocycles. The van der Waals surface area contributed by atoms with Gasteiger partial charge < -0.3 is 10.1 Å². The van der Waals surface area contributed by atoms with E-state index in [1.807, 2.05) is 18.2 Å². The van der Waals surface area contributed by atoms with Crippen molar-refractivity contribution in [2.75, 3.05) is 24.0 Å². The van der Waals surface area contributed by atoms with E-state index in [2.05, 4.69) is 20.4 Å². The predicted octanol–water partition coefficient (Wildman–Crippen LogP) is 3.64. The SMILES string of the molecule is COC(=O)Nc1nc(-c2ccccc2)c(NC(=O)c2ccccc2S(C)(=O)=O)s1. The Balaban J connectivity index is 2.00. The molecule has 0 radical (unpaired) electrons. The summed E-state index contributed by atoms with van der Waals surface area (Å²) in [7, 11) is -2.37. The van der Waals surface area contributed by atoms with Crippen LogP contribution in [0.5, 0.6) is 0 Å². The average molecular weight is 431 g/mol. The van der Waals surface area contributed by atoms with Crippen LogP contribution in [0, 0.1) is 0 Å². The molecule has 2 amide bonds. The molecule has 0 atom stereocenters. The summed E-state index contributed by atoms with van der Waals surface area (Å²) in [4.78, 5) is 28.6. The van der Waals surface area contributed by atoms with Gasteiger partial charge in [0.25, 0.3) is 5.91 Å². The van der Waals surface area contributed by atoms with E-state index in [0.717, 1.165) is 17.6 Å². The first-order valence-corrected chi connectivity index (χ1v) is 11.0. The second-order valence-electron chi connectivity index (χ2n) is 5.90. The van der Waals surface area contributed by atoms with E-state index in [4.69, 9.17) is 0 Å². The first-order valence-electron chi connectivity index (χ1n) is 8.31. The van der Waals surface area contributed by atoms with Crippen molar-refractivity contribution in [2.24, 2.45) is 0 Å². The minimum Gasteiger partial charge on any atom is -0.453 e. The smallest absolute Gasteiger partial charge is 0.413 e. The van der Waals surface area contributed by atoms with Gasteiger partial charge in [-0.25, -0.2) is 18.2 Å². The van der Waals surface area contributed by atoms with Gasteiger partial charge in [0.05, 0.1) is 17.6 Å². The summed E-state index contributed by atoms with van der Waals surface area (Å²) in [6.45, 7) is 0. The molecule has 0 aliphatic heterocycles. The third-order valence-electron chi connectivity index (χ3n) is 3.83. The third-order valence-corrected chi connectivity index (χ3v) is 5.87. The highest BCUT2D eigenvalue weighted by Gasteiger charge is 2.22. The summed E-state index contributed by atoms with van der Waals surface area (Å²) in [6, 6.07) is 15.0. The molecular weight excluding hydrogens is 414 g/mol. The van der Waals surface area contributed by atoms with Crippen molar-refractivity contribution in [3.63, 3.8) is 0 Å². The van der Waals surface area contributed by atoms with Crippen molar-refractivity contribution in [1.82, 2.24) is 4.98 Å². The fraction of sp³-hybridized carbons (Fsp3) is 0.105. The van der Waals surface area contributed by atoms with E-state index in [9.17, 15) is 18.0 Å². The zero-order valence-corrected chi connectivity index (χ0v) is 17.1. The van der Waals surface area contributed by atoms with Crippen LogP contribution in [0.2, 0.25) is 0 Å². The summed E-state index contributed by atoms with van der Waals surface area (Å²) < 4.78 is 28.6. The van der Waals surface area contributed by atoms with Crippen molar-refractivity contribution < 1.29 is 22.7 Å². The number of anilines is 2. The van der Waals surface area contributed by atoms with Gasteiger partial charge in [-0.3, -0.25) is 10.1 Å². The van der Waals surface area contributed by atoms with E-state index in [-0.39, 0.29) is 15.6 Å². The van der Waals surface area contributed by atoms with Gasteiger partial charge in [0, 0.05) is 11.8 Å². The summed E-state index contributed by atoms with van der Waals surface area (Å²) >= 11 is 1.03. The van der Waals surface area contributed by atoms with Crippen LogP contribution >= 0.6 is 11.3 Å². The number of nitrogens with one attached hydrogen (secondary N) is 2. The van der Waals surface area contributed by atoms with Crippen LogP contribution in [0.3, 0.4) is 0 Å². The van der Waals surface area contributed by atoms with Gasteiger partial charge in [0.1, 0.15) is 10.7 Å². The van der Waals surface area contributed by atoms with Gasteiger partial charge in [-0.2, -0.15) is 0 Å². The van der Waals surface area contributed by atoms with Crippen LogP contribution in [0.1, 0.15) is 10.4 Å². The first-order chi connectivity index (χ1) is 13.8. The van der Waals surface area contributed by atoms with Crippen molar-refractivity contribution in [3.05, 3.63) is 60.2 Å².